The van der Waals surface area contributed by atoms with Crippen LogP contribution in [0.1, 0.15) is 73.4 Å². The van der Waals surface area contributed by atoms with Gasteiger partial charge in [-0.2, -0.15) is 0 Å². The van der Waals surface area contributed by atoms with Crippen molar-refractivity contribution in [1.29, 1.82) is 0 Å². The number of nitrogens with zero attached hydrogens (tertiary/aromatic N) is 1. The number of carbonyl (C=O) groups is 2. The van der Waals surface area contributed by atoms with Gasteiger partial charge in [0.2, 0.25) is 0 Å². The van der Waals surface area contributed by atoms with Gasteiger partial charge >= 0.3 is 12.1 Å². The topological polar surface area (TPSA) is 88.5 Å². The van der Waals surface area contributed by atoms with Crippen LogP contribution in [0.25, 0.3) is 11.1 Å². The molecule has 0 aliphatic carbocycles. The standard InChI is InChI=1S/C24H32N2O4/c1-7-8-9-19-18(14-25-23(29)30-24(4,5)6)21(17-12-10-15(2)11-13-17)20(22(27)28)16(3)26-19/h10-13H,7-9,14H2,1-6H3,(H,25,29)(H,27,28). The second-order valence-corrected chi connectivity index (χ2v) is 8.50. The van der Waals surface area contributed by atoms with Gasteiger partial charge in [0.25, 0.3) is 0 Å². The average molecular weight is 413 g/mol. The Bertz CT molecular complexity index is 912. The Morgan fingerprint density at radius 1 is 1.13 bits per heavy atom. The Labute approximate surface area is 178 Å². The van der Waals surface area contributed by atoms with Gasteiger partial charge in [-0.3, -0.25) is 4.98 Å². The zero-order valence-corrected chi connectivity index (χ0v) is 18.8. The number of amides is 1. The first kappa shape index (κ1) is 23.4. The monoisotopic (exact) mass is 412 g/mol. The van der Waals surface area contributed by atoms with E-state index in [1.54, 1.807) is 27.7 Å². The lowest BCUT2D eigenvalue weighted by Crippen LogP contribution is -2.32. The molecule has 1 heterocycles. The Morgan fingerprint density at radius 2 is 1.77 bits per heavy atom. The third kappa shape index (κ3) is 6.05. The molecule has 1 aromatic carbocycles. The third-order valence-corrected chi connectivity index (χ3v) is 4.69. The summed E-state index contributed by atoms with van der Waals surface area (Å²) in [7, 11) is 0. The number of hydrogen-bond acceptors (Lipinski definition) is 4. The molecule has 0 spiro atoms. The van der Waals surface area contributed by atoms with Crippen molar-refractivity contribution in [2.45, 2.75) is 73.0 Å². The molecule has 1 aromatic heterocycles. The van der Waals surface area contributed by atoms with E-state index in [1.807, 2.05) is 31.2 Å². The summed E-state index contributed by atoms with van der Waals surface area (Å²) >= 11 is 0. The molecule has 0 bridgehead atoms. The number of carbonyl (C=O) groups excluding carboxylic acids is 1. The number of unbranched alkanes of at least 4 members (excludes halogenated alkanes) is 1. The van der Waals surface area contributed by atoms with Gasteiger partial charge in [0, 0.05) is 23.4 Å². The van der Waals surface area contributed by atoms with E-state index in [9.17, 15) is 14.7 Å². The molecule has 1 amide bonds. The molecule has 6 nitrogen and oxygen atoms in total. The van der Waals surface area contributed by atoms with Crippen LogP contribution >= 0.6 is 0 Å². The van der Waals surface area contributed by atoms with Gasteiger partial charge in [-0.05, 0) is 53.0 Å². The molecular formula is C24H32N2O4. The van der Waals surface area contributed by atoms with E-state index < -0.39 is 17.7 Å². The highest BCUT2D eigenvalue weighted by Gasteiger charge is 2.24. The van der Waals surface area contributed by atoms with Crippen LogP contribution in [0, 0.1) is 13.8 Å². The Hall–Kier alpha value is -2.89. The summed E-state index contributed by atoms with van der Waals surface area (Å²) in [5, 5.41) is 12.7. The maximum absolute atomic E-state index is 12.3. The first-order chi connectivity index (χ1) is 14.0. The molecule has 0 fully saturated rings. The highest BCUT2D eigenvalue weighted by Crippen LogP contribution is 2.32. The first-order valence-corrected chi connectivity index (χ1v) is 10.3. The molecule has 2 N–H and O–H groups in total. The maximum atomic E-state index is 12.3. The molecule has 0 radical (unpaired) electrons. The van der Waals surface area contributed by atoms with E-state index in [1.165, 1.54) is 0 Å². The minimum absolute atomic E-state index is 0.144. The van der Waals surface area contributed by atoms with Crippen molar-refractivity contribution in [1.82, 2.24) is 10.3 Å². The van der Waals surface area contributed by atoms with Crippen LogP contribution in [0.2, 0.25) is 0 Å². The summed E-state index contributed by atoms with van der Waals surface area (Å²) in [6.45, 7) is 11.3. The van der Waals surface area contributed by atoms with Crippen molar-refractivity contribution in [3.05, 3.63) is 52.3 Å². The number of benzene rings is 1. The van der Waals surface area contributed by atoms with Crippen molar-refractivity contribution in [2.75, 3.05) is 0 Å². The molecule has 0 aliphatic rings. The fourth-order valence-corrected chi connectivity index (χ4v) is 3.32. The first-order valence-electron chi connectivity index (χ1n) is 10.3. The van der Waals surface area contributed by atoms with Crippen LogP contribution in [0.15, 0.2) is 24.3 Å². The van der Waals surface area contributed by atoms with Crippen molar-refractivity contribution in [3.63, 3.8) is 0 Å². The summed E-state index contributed by atoms with van der Waals surface area (Å²) in [6, 6.07) is 7.73. The van der Waals surface area contributed by atoms with Crippen molar-refractivity contribution >= 4 is 12.1 Å². The van der Waals surface area contributed by atoms with E-state index in [0.717, 1.165) is 35.2 Å². The van der Waals surface area contributed by atoms with Crippen LogP contribution < -0.4 is 5.32 Å². The number of alkyl carbamates (subject to hydrolysis) is 1. The lowest BCUT2D eigenvalue weighted by Gasteiger charge is -2.22. The van der Waals surface area contributed by atoms with Gasteiger partial charge in [0.05, 0.1) is 11.3 Å². The summed E-state index contributed by atoms with van der Waals surface area (Å²) < 4.78 is 5.36. The summed E-state index contributed by atoms with van der Waals surface area (Å²) in [5.74, 6) is -1.03. The van der Waals surface area contributed by atoms with Gasteiger partial charge in [0.1, 0.15) is 5.60 Å². The largest absolute Gasteiger partial charge is 0.478 e. The minimum atomic E-state index is -1.03. The molecule has 0 atom stereocenters. The fourth-order valence-electron chi connectivity index (χ4n) is 3.32. The predicted octanol–water partition coefficient (Wildman–Crippen LogP) is 5.43. The Morgan fingerprint density at radius 3 is 2.30 bits per heavy atom. The van der Waals surface area contributed by atoms with Crippen LogP contribution in [-0.4, -0.2) is 27.8 Å². The van der Waals surface area contributed by atoms with Crippen molar-refractivity contribution in [3.8, 4) is 11.1 Å². The molecular weight excluding hydrogens is 380 g/mol. The molecule has 0 saturated heterocycles. The number of aromatic carboxylic acids is 1. The SMILES string of the molecule is CCCCc1nc(C)c(C(=O)O)c(-c2ccc(C)cc2)c1CNC(=O)OC(C)(C)C. The second-order valence-electron chi connectivity index (χ2n) is 8.50. The van der Waals surface area contributed by atoms with Crippen LogP contribution in [0.3, 0.4) is 0 Å². The summed E-state index contributed by atoms with van der Waals surface area (Å²) in [4.78, 5) is 29.0. The highest BCUT2D eigenvalue weighted by atomic mass is 16.6. The van der Waals surface area contributed by atoms with Crippen molar-refractivity contribution < 1.29 is 19.4 Å². The Balaban J connectivity index is 2.61. The smallest absolute Gasteiger partial charge is 0.407 e. The highest BCUT2D eigenvalue weighted by molar-refractivity contribution is 5.98. The number of aryl methyl sites for hydroxylation is 3. The average Bonchev–Trinajstić information content (AvgIpc) is 2.63. The van der Waals surface area contributed by atoms with Gasteiger partial charge in [-0.1, -0.05) is 43.2 Å². The fraction of sp³-hybridized carbons (Fsp3) is 0.458. The van der Waals surface area contributed by atoms with Gasteiger partial charge < -0.3 is 15.2 Å². The van der Waals surface area contributed by atoms with Crippen LogP contribution in [-0.2, 0) is 17.7 Å². The number of hydrogen-bond donors (Lipinski definition) is 2. The van der Waals surface area contributed by atoms with Gasteiger partial charge in [-0.25, -0.2) is 9.59 Å². The number of pyridine rings is 1. The van der Waals surface area contributed by atoms with Gasteiger partial charge in [0.15, 0.2) is 0 Å². The zero-order chi connectivity index (χ0) is 22.5. The van der Waals surface area contributed by atoms with Gasteiger partial charge in [-0.15, -0.1) is 0 Å². The summed E-state index contributed by atoms with van der Waals surface area (Å²) in [5.41, 5.74) is 4.05. The molecule has 162 valence electrons. The molecule has 30 heavy (non-hydrogen) atoms. The molecule has 0 aliphatic heterocycles. The van der Waals surface area contributed by atoms with Crippen molar-refractivity contribution in [2.24, 2.45) is 0 Å². The lowest BCUT2D eigenvalue weighted by molar-refractivity contribution is 0.0523. The van der Waals surface area contributed by atoms with E-state index in [-0.39, 0.29) is 12.1 Å². The van der Waals surface area contributed by atoms with E-state index >= 15 is 0 Å². The molecule has 2 rings (SSSR count). The molecule has 6 heteroatoms. The number of carboxylic acids is 1. The summed E-state index contributed by atoms with van der Waals surface area (Å²) in [6.07, 6.45) is 2.07. The number of aromatic nitrogens is 1. The van der Waals surface area contributed by atoms with E-state index in [4.69, 9.17) is 4.74 Å². The minimum Gasteiger partial charge on any atom is -0.478 e. The number of nitrogens with one attached hydrogen (secondary N) is 1. The predicted molar refractivity (Wildman–Crippen MR) is 118 cm³/mol. The Kier molecular flexibility index (Phi) is 7.59. The quantitative estimate of drug-likeness (QED) is 0.633. The molecule has 0 unspecified atom stereocenters. The number of ether oxygens (including phenoxy) is 1. The lowest BCUT2D eigenvalue weighted by atomic mass is 9.90. The molecule has 2 aromatic rings. The van der Waals surface area contributed by atoms with Crippen LogP contribution in [0.4, 0.5) is 4.79 Å². The number of rotatable bonds is 7. The van der Waals surface area contributed by atoms with E-state index in [2.05, 4.69) is 17.2 Å². The second kappa shape index (κ2) is 9.74. The maximum Gasteiger partial charge on any atom is 0.407 e. The van der Waals surface area contributed by atoms with E-state index in [0.29, 0.717) is 17.7 Å². The van der Waals surface area contributed by atoms with Crippen LogP contribution in [0.5, 0.6) is 0 Å². The molecule has 0 saturated carbocycles. The number of carboxylic acid groups (broad SMARTS) is 1. The zero-order valence-electron chi connectivity index (χ0n) is 18.8. The normalized spacial score (nSPS) is 11.3. The third-order valence-electron chi connectivity index (χ3n) is 4.69.